The second-order valence-electron chi connectivity index (χ2n) is 6.14. The highest BCUT2D eigenvalue weighted by molar-refractivity contribution is 6.00. The third kappa shape index (κ3) is 2.33. The Kier molecular flexibility index (Phi) is 3.05. The lowest BCUT2D eigenvalue weighted by atomic mass is 9.89. The van der Waals surface area contributed by atoms with Crippen molar-refractivity contribution in [2.75, 3.05) is 0 Å². The standard InChI is InChI=1S/C16H20O2/c1-10(2)11-6-7-13-12(8-11)9-14(18-13)15(17)16(3,4)5/h6-10H,1-5H3. The van der Waals surface area contributed by atoms with Crippen molar-refractivity contribution < 1.29 is 9.21 Å². The maximum atomic E-state index is 12.2. The molecule has 1 aromatic carbocycles. The summed E-state index contributed by atoms with van der Waals surface area (Å²) in [4.78, 5) is 12.2. The molecule has 2 rings (SSSR count). The van der Waals surface area contributed by atoms with Crippen LogP contribution in [0.5, 0.6) is 0 Å². The Balaban J connectivity index is 2.48. The van der Waals surface area contributed by atoms with Gasteiger partial charge >= 0.3 is 0 Å². The molecule has 0 radical (unpaired) electrons. The Hall–Kier alpha value is -1.57. The van der Waals surface area contributed by atoms with Gasteiger partial charge in [-0.25, -0.2) is 0 Å². The highest BCUT2D eigenvalue weighted by Crippen LogP contribution is 2.28. The van der Waals surface area contributed by atoms with Crippen LogP contribution in [0.3, 0.4) is 0 Å². The zero-order chi connectivity index (χ0) is 13.5. The normalized spacial score (nSPS) is 12.3. The first-order chi connectivity index (χ1) is 8.29. The predicted octanol–water partition coefficient (Wildman–Crippen LogP) is 4.79. The number of Topliss-reactive ketones (excluding diaryl/α,β-unsaturated/α-hetero) is 1. The summed E-state index contributed by atoms with van der Waals surface area (Å²) < 4.78 is 5.64. The van der Waals surface area contributed by atoms with Crippen LogP contribution in [0, 0.1) is 5.41 Å². The van der Waals surface area contributed by atoms with Crippen LogP contribution in [-0.4, -0.2) is 5.78 Å². The number of furan rings is 1. The molecule has 18 heavy (non-hydrogen) atoms. The van der Waals surface area contributed by atoms with Crippen LogP contribution in [0.2, 0.25) is 0 Å². The third-order valence-electron chi connectivity index (χ3n) is 3.11. The van der Waals surface area contributed by atoms with Crippen molar-refractivity contribution >= 4 is 16.8 Å². The molecule has 1 heterocycles. The maximum Gasteiger partial charge on any atom is 0.203 e. The molecule has 96 valence electrons. The Morgan fingerprint density at radius 1 is 1.17 bits per heavy atom. The average molecular weight is 244 g/mol. The van der Waals surface area contributed by atoms with Crippen LogP contribution in [0.4, 0.5) is 0 Å². The van der Waals surface area contributed by atoms with E-state index in [9.17, 15) is 4.79 Å². The molecule has 0 aliphatic carbocycles. The number of carbonyl (C=O) groups excluding carboxylic acids is 1. The predicted molar refractivity (Wildman–Crippen MR) is 74.1 cm³/mol. The number of fused-ring (bicyclic) bond motifs is 1. The first-order valence-corrected chi connectivity index (χ1v) is 6.37. The largest absolute Gasteiger partial charge is 0.453 e. The van der Waals surface area contributed by atoms with E-state index in [-0.39, 0.29) is 5.78 Å². The molecule has 0 atom stereocenters. The molecule has 2 nitrogen and oxygen atoms in total. The molecule has 0 amide bonds. The van der Waals surface area contributed by atoms with E-state index >= 15 is 0 Å². The summed E-state index contributed by atoms with van der Waals surface area (Å²) in [6.07, 6.45) is 0. The minimum absolute atomic E-state index is 0.0461. The minimum Gasteiger partial charge on any atom is -0.453 e. The summed E-state index contributed by atoms with van der Waals surface area (Å²) in [5, 5.41) is 1.01. The lowest BCUT2D eigenvalue weighted by molar-refractivity contribution is 0.0831. The fourth-order valence-electron chi connectivity index (χ4n) is 1.90. The number of hydrogen-bond acceptors (Lipinski definition) is 2. The van der Waals surface area contributed by atoms with Crippen LogP contribution in [0.15, 0.2) is 28.7 Å². The number of rotatable bonds is 2. The van der Waals surface area contributed by atoms with Crippen molar-refractivity contribution in [1.82, 2.24) is 0 Å². The summed E-state index contributed by atoms with van der Waals surface area (Å²) in [7, 11) is 0. The smallest absolute Gasteiger partial charge is 0.203 e. The molecule has 0 bridgehead atoms. The molecule has 0 saturated carbocycles. The van der Waals surface area contributed by atoms with E-state index in [4.69, 9.17) is 4.42 Å². The summed E-state index contributed by atoms with van der Waals surface area (Å²) >= 11 is 0. The van der Waals surface area contributed by atoms with Crippen LogP contribution in [0.25, 0.3) is 11.0 Å². The van der Waals surface area contributed by atoms with Crippen molar-refractivity contribution in [1.29, 1.82) is 0 Å². The molecule has 2 aromatic rings. The Morgan fingerprint density at radius 3 is 2.39 bits per heavy atom. The van der Waals surface area contributed by atoms with E-state index in [0.29, 0.717) is 11.7 Å². The number of benzene rings is 1. The van der Waals surface area contributed by atoms with Gasteiger partial charge in [-0.1, -0.05) is 40.7 Å². The second-order valence-corrected chi connectivity index (χ2v) is 6.14. The van der Waals surface area contributed by atoms with Gasteiger partial charge < -0.3 is 4.42 Å². The molecule has 2 heteroatoms. The summed E-state index contributed by atoms with van der Waals surface area (Å²) in [5.41, 5.74) is 1.64. The number of ketones is 1. The molecule has 1 aromatic heterocycles. The molecule has 0 spiro atoms. The van der Waals surface area contributed by atoms with Crippen molar-refractivity contribution in [3.63, 3.8) is 0 Å². The van der Waals surface area contributed by atoms with Gasteiger partial charge in [-0.05, 0) is 29.7 Å². The molecule has 0 aliphatic heterocycles. The maximum absolute atomic E-state index is 12.2. The van der Waals surface area contributed by atoms with E-state index in [1.807, 2.05) is 32.9 Å². The van der Waals surface area contributed by atoms with Gasteiger partial charge in [0.15, 0.2) is 5.76 Å². The van der Waals surface area contributed by atoms with Gasteiger partial charge in [-0.15, -0.1) is 0 Å². The third-order valence-corrected chi connectivity index (χ3v) is 3.11. The fourth-order valence-corrected chi connectivity index (χ4v) is 1.90. The summed E-state index contributed by atoms with van der Waals surface area (Å²) in [6.45, 7) is 10.0. The van der Waals surface area contributed by atoms with Gasteiger partial charge in [-0.3, -0.25) is 4.79 Å². The van der Waals surface area contributed by atoms with Crippen LogP contribution >= 0.6 is 0 Å². The van der Waals surface area contributed by atoms with Crippen molar-refractivity contribution in [2.45, 2.75) is 40.5 Å². The molecule has 0 unspecified atom stereocenters. The lowest BCUT2D eigenvalue weighted by Crippen LogP contribution is -2.19. The van der Waals surface area contributed by atoms with Crippen LogP contribution < -0.4 is 0 Å². The summed E-state index contributed by atoms with van der Waals surface area (Å²) in [6, 6.07) is 7.96. The minimum atomic E-state index is -0.408. The monoisotopic (exact) mass is 244 g/mol. The van der Waals surface area contributed by atoms with Crippen molar-refractivity contribution in [2.24, 2.45) is 5.41 Å². The highest BCUT2D eigenvalue weighted by Gasteiger charge is 2.26. The van der Waals surface area contributed by atoms with Crippen molar-refractivity contribution in [3.05, 3.63) is 35.6 Å². The Labute approximate surface area is 108 Å². The van der Waals surface area contributed by atoms with E-state index < -0.39 is 5.41 Å². The lowest BCUT2D eigenvalue weighted by Gasteiger charge is -2.13. The van der Waals surface area contributed by atoms with Crippen LogP contribution in [0.1, 0.15) is 56.7 Å². The molecule has 0 aliphatic rings. The first kappa shape index (κ1) is 12.9. The fraction of sp³-hybridized carbons (Fsp3) is 0.438. The molecular weight excluding hydrogens is 224 g/mol. The first-order valence-electron chi connectivity index (χ1n) is 6.37. The van der Waals surface area contributed by atoms with Gasteiger partial charge in [0.2, 0.25) is 5.78 Å². The van der Waals surface area contributed by atoms with E-state index in [1.54, 1.807) is 0 Å². The molecule has 0 fully saturated rings. The van der Waals surface area contributed by atoms with E-state index in [0.717, 1.165) is 11.0 Å². The number of hydrogen-bond donors (Lipinski definition) is 0. The molecule has 0 N–H and O–H groups in total. The van der Waals surface area contributed by atoms with Gasteiger partial charge in [0.25, 0.3) is 0 Å². The Morgan fingerprint density at radius 2 is 1.83 bits per heavy atom. The summed E-state index contributed by atoms with van der Waals surface area (Å²) in [5.74, 6) is 0.981. The number of carbonyl (C=O) groups is 1. The zero-order valence-corrected chi connectivity index (χ0v) is 11.7. The topological polar surface area (TPSA) is 30.2 Å². The highest BCUT2D eigenvalue weighted by atomic mass is 16.3. The van der Waals surface area contributed by atoms with E-state index in [2.05, 4.69) is 26.0 Å². The average Bonchev–Trinajstić information content (AvgIpc) is 2.68. The SMILES string of the molecule is CC(C)c1ccc2oc(C(=O)C(C)(C)C)cc2c1. The molecular formula is C16H20O2. The van der Waals surface area contributed by atoms with Gasteiger partial charge in [0.05, 0.1) is 0 Å². The van der Waals surface area contributed by atoms with E-state index in [1.165, 1.54) is 5.56 Å². The quantitative estimate of drug-likeness (QED) is 0.711. The van der Waals surface area contributed by atoms with Gasteiger partial charge in [-0.2, -0.15) is 0 Å². The zero-order valence-electron chi connectivity index (χ0n) is 11.7. The van der Waals surface area contributed by atoms with Crippen molar-refractivity contribution in [3.8, 4) is 0 Å². The van der Waals surface area contributed by atoms with Gasteiger partial charge in [0, 0.05) is 10.8 Å². The second kappa shape index (κ2) is 4.27. The molecule has 0 saturated heterocycles. The van der Waals surface area contributed by atoms with Gasteiger partial charge in [0.1, 0.15) is 5.58 Å². The van der Waals surface area contributed by atoms with Crippen LogP contribution in [-0.2, 0) is 0 Å². The Bertz CT molecular complexity index is 583.